The SMILES string of the molecule is CCC(C)NC(=NCC(=O)N(C)C)N1CCC(C)(CC)C1. The highest BCUT2D eigenvalue weighted by Crippen LogP contribution is 2.32. The van der Waals surface area contributed by atoms with Crippen molar-refractivity contribution < 1.29 is 4.79 Å². The van der Waals surface area contributed by atoms with Crippen LogP contribution in [0.2, 0.25) is 0 Å². The van der Waals surface area contributed by atoms with Crippen molar-refractivity contribution in [2.45, 2.75) is 53.0 Å². The van der Waals surface area contributed by atoms with E-state index in [1.807, 2.05) is 0 Å². The minimum atomic E-state index is 0.0379. The number of nitrogens with one attached hydrogen (secondary N) is 1. The summed E-state index contributed by atoms with van der Waals surface area (Å²) in [4.78, 5) is 20.2. The minimum Gasteiger partial charge on any atom is -0.354 e. The lowest BCUT2D eigenvalue weighted by Crippen LogP contribution is -2.45. The van der Waals surface area contributed by atoms with Gasteiger partial charge in [0.2, 0.25) is 5.91 Å². The Kier molecular flexibility index (Phi) is 6.49. The molecule has 5 heteroatoms. The van der Waals surface area contributed by atoms with E-state index >= 15 is 0 Å². The highest BCUT2D eigenvalue weighted by atomic mass is 16.2. The highest BCUT2D eigenvalue weighted by molar-refractivity contribution is 5.85. The first kappa shape index (κ1) is 17.8. The van der Waals surface area contributed by atoms with Crippen LogP contribution in [0.25, 0.3) is 0 Å². The molecule has 1 saturated heterocycles. The monoisotopic (exact) mass is 296 g/mol. The molecular weight excluding hydrogens is 264 g/mol. The van der Waals surface area contributed by atoms with E-state index in [1.165, 1.54) is 12.8 Å². The molecule has 0 aromatic rings. The summed E-state index contributed by atoms with van der Waals surface area (Å²) in [6.45, 7) is 11.1. The van der Waals surface area contributed by atoms with E-state index in [1.54, 1.807) is 19.0 Å². The van der Waals surface area contributed by atoms with Gasteiger partial charge in [-0.05, 0) is 31.6 Å². The molecule has 1 heterocycles. The number of likely N-dealkylation sites (tertiary alicyclic amines) is 1. The van der Waals surface area contributed by atoms with Gasteiger partial charge in [-0.1, -0.05) is 20.8 Å². The summed E-state index contributed by atoms with van der Waals surface area (Å²) in [5.74, 6) is 0.924. The number of carbonyl (C=O) groups is 1. The molecule has 0 aliphatic carbocycles. The Bertz CT molecular complexity index is 380. The van der Waals surface area contributed by atoms with Gasteiger partial charge in [-0.25, -0.2) is 4.99 Å². The van der Waals surface area contributed by atoms with Crippen LogP contribution < -0.4 is 5.32 Å². The number of hydrogen-bond acceptors (Lipinski definition) is 2. The predicted octanol–water partition coefficient (Wildman–Crippen LogP) is 1.94. The van der Waals surface area contributed by atoms with Gasteiger partial charge in [-0.3, -0.25) is 4.79 Å². The lowest BCUT2D eigenvalue weighted by Gasteiger charge is -2.27. The number of carbonyl (C=O) groups excluding carboxylic acids is 1. The molecule has 1 rings (SSSR count). The molecule has 5 nitrogen and oxygen atoms in total. The second-order valence-corrected chi connectivity index (χ2v) is 6.72. The first-order chi connectivity index (χ1) is 9.81. The molecule has 1 aliphatic heterocycles. The molecule has 2 unspecified atom stereocenters. The molecule has 1 fully saturated rings. The van der Waals surface area contributed by atoms with Crippen LogP contribution in [0.4, 0.5) is 0 Å². The fourth-order valence-electron chi connectivity index (χ4n) is 2.34. The Labute approximate surface area is 129 Å². The number of guanidine groups is 1. The fraction of sp³-hybridized carbons (Fsp3) is 0.875. The van der Waals surface area contributed by atoms with Gasteiger partial charge in [-0.2, -0.15) is 0 Å². The van der Waals surface area contributed by atoms with Crippen LogP contribution in [0.15, 0.2) is 4.99 Å². The van der Waals surface area contributed by atoms with Crippen LogP contribution >= 0.6 is 0 Å². The van der Waals surface area contributed by atoms with Crippen molar-refractivity contribution in [3.05, 3.63) is 0 Å². The first-order valence-electron chi connectivity index (χ1n) is 8.07. The quantitative estimate of drug-likeness (QED) is 0.623. The van der Waals surface area contributed by atoms with E-state index in [0.717, 1.165) is 25.5 Å². The number of aliphatic imine (C=N–C) groups is 1. The number of nitrogens with zero attached hydrogens (tertiary/aromatic N) is 3. The molecule has 0 aromatic heterocycles. The maximum absolute atomic E-state index is 11.8. The fourth-order valence-corrected chi connectivity index (χ4v) is 2.34. The van der Waals surface area contributed by atoms with Crippen LogP contribution in [0, 0.1) is 5.41 Å². The van der Waals surface area contributed by atoms with Crippen molar-refractivity contribution in [3.63, 3.8) is 0 Å². The molecule has 0 radical (unpaired) electrons. The van der Waals surface area contributed by atoms with Crippen LogP contribution in [-0.4, -0.2) is 61.4 Å². The van der Waals surface area contributed by atoms with E-state index in [2.05, 4.69) is 42.9 Å². The molecule has 0 spiro atoms. The summed E-state index contributed by atoms with van der Waals surface area (Å²) in [6, 6.07) is 0.367. The predicted molar refractivity (Wildman–Crippen MR) is 88.5 cm³/mol. The topological polar surface area (TPSA) is 47.9 Å². The standard InChI is InChI=1S/C16H32N4O/c1-7-13(3)18-15(17-11-14(21)19(5)6)20-10-9-16(4,8-2)12-20/h13H,7-12H2,1-6H3,(H,17,18). The Morgan fingerprint density at radius 2 is 2.10 bits per heavy atom. The zero-order valence-electron chi connectivity index (χ0n) is 14.6. The summed E-state index contributed by atoms with van der Waals surface area (Å²) < 4.78 is 0. The molecule has 0 saturated carbocycles. The van der Waals surface area contributed by atoms with Crippen molar-refractivity contribution in [3.8, 4) is 0 Å². The van der Waals surface area contributed by atoms with Crippen LogP contribution in [0.3, 0.4) is 0 Å². The maximum Gasteiger partial charge on any atom is 0.243 e. The summed E-state index contributed by atoms with van der Waals surface area (Å²) in [5, 5.41) is 3.47. The van der Waals surface area contributed by atoms with Gasteiger partial charge in [0.1, 0.15) is 6.54 Å². The van der Waals surface area contributed by atoms with E-state index in [-0.39, 0.29) is 12.5 Å². The second kappa shape index (κ2) is 7.66. The van der Waals surface area contributed by atoms with E-state index < -0.39 is 0 Å². The van der Waals surface area contributed by atoms with Gasteiger partial charge in [0.15, 0.2) is 5.96 Å². The van der Waals surface area contributed by atoms with Crippen molar-refractivity contribution in [1.82, 2.24) is 15.1 Å². The Hall–Kier alpha value is -1.26. The summed E-state index contributed by atoms with van der Waals surface area (Å²) >= 11 is 0. The van der Waals surface area contributed by atoms with Gasteiger partial charge in [0.25, 0.3) is 0 Å². The van der Waals surface area contributed by atoms with Crippen LogP contribution in [-0.2, 0) is 4.79 Å². The van der Waals surface area contributed by atoms with Gasteiger partial charge >= 0.3 is 0 Å². The average Bonchev–Trinajstić information content (AvgIpc) is 2.85. The Balaban J connectivity index is 2.78. The molecule has 122 valence electrons. The van der Waals surface area contributed by atoms with Crippen LogP contribution in [0.1, 0.15) is 47.0 Å². The summed E-state index contributed by atoms with van der Waals surface area (Å²) in [6.07, 6.45) is 3.41. The Morgan fingerprint density at radius 1 is 1.43 bits per heavy atom. The average molecular weight is 296 g/mol. The smallest absolute Gasteiger partial charge is 0.243 e. The third-order valence-corrected chi connectivity index (χ3v) is 4.56. The Morgan fingerprint density at radius 3 is 2.57 bits per heavy atom. The van der Waals surface area contributed by atoms with Crippen molar-refractivity contribution in [2.75, 3.05) is 33.7 Å². The normalized spacial score (nSPS) is 24.1. The molecule has 1 amide bonds. The second-order valence-electron chi connectivity index (χ2n) is 6.72. The lowest BCUT2D eigenvalue weighted by atomic mass is 9.87. The van der Waals surface area contributed by atoms with Crippen molar-refractivity contribution in [2.24, 2.45) is 10.4 Å². The van der Waals surface area contributed by atoms with Gasteiger partial charge in [0.05, 0.1) is 0 Å². The molecular formula is C16H32N4O. The highest BCUT2D eigenvalue weighted by Gasteiger charge is 2.33. The summed E-state index contributed by atoms with van der Waals surface area (Å²) in [7, 11) is 3.53. The molecule has 1 N–H and O–H groups in total. The van der Waals surface area contributed by atoms with E-state index in [0.29, 0.717) is 11.5 Å². The van der Waals surface area contributed by atoms with Gasteiger partial charge in [0, 0.05) is 33.2 Å². The first-order valence-corrected chi connectivity index (χ1v) is 8.07. The van der Waals surface area contributed by atoms with Crippen molar-refractivity contribution in [1.29, 1.82) is 0 Å². The van der Waals surface area contributed by atoms with E-state index in [9.17, 15) is 4.79 Å². The molecule has 2 atom stereocenters. The third-order valence-electron chi connectivity index (χ3n) is 4.56. The number of rotatable bonds is 5. The van der Waals surface area contributed by atoms with Gasteiger partial charge < -0.3 is 15.1 Å². The summed E-state index contributed by atoms with van der Waals surface area (Å²) in [5.41, 5.74) is 0.365. The zero-order chi connectivity index (χ0) is 16.0. The number of likely N-dealkylation sites (N-methyl/N-ethyl adjacent to an activating group) is 1. The molecule has 21 heavy (non-hydrogen) atoms. The van der Waals surface area contributed by atoms with Gasteiger partial charge in [-0.15, -0.1) is 0 Å². The van der Waals surface area contributed by atoms with Crippen molar-refractivity contribution >= 4 is 11.9 Å². The lowest BCUT2D eigenvalue weighted by molar-refractivity contribution is -0.127. The molecule has 0 aromatic carbocycles. The molecule has 0 bridgehead atoms. The van der Waals surface area contributed by atoms with Crippen LogP contribution in [0.5, 0.6) is 0 Å². The maximum atomic E-state index is 11.8. The number of hydrogen-bond donors (Lipinski definition) is 1. The minimum absolute atomic E-state index is 0.0379. The third kappa shape index (κ3) is 5.21. The largest absolute Gasteiger partial charge is 0.354 e. The zero-order valence-corrected chi connectivity index (χ0v) is 14.6. The number of amides is 1. The molecule has 1 aliphatic rings. The van der Waals surface area contributed by atoms with E-state index in [4.69, 9.17) is 0 Å².